The number of nitrogens with zero attached hydrogens (tertiary/aromatic N) is 1. The van der Waals surface area contributed by atoms with Crippen LogP contribution in [0.15, 0.2) is 41.2 Å². The first-order chi connectivity index (χ1) is 10.0. The average molecular weight is 302 g/mol. The second-order valence-electron chi connectivity index (χ2n) is 4.66. The number of aryl methyl sites for hydroxylation is 1. The minimum absolute atomic E-state index is 0.114. The van der Waals surface area contributed by atoms with Gasteiger partial charge in [0.05, 0.1) is 10.9 Å². The molecule has 2 aromatic carbocycles. The number of fused-ring (bicyclic) bond motifs is 1. The van der Waals surface area contributed by atoms with Gasteiger partial charge in [-0.2, -0.15) is 4.98 Å². The largest absolute Gasteiger partial charge is 0.425 e. The van der Waals surface area contributed by atoms with E-state index in [1.807, 2.05) is 13.0 Å². The Bertz CT molecular complexity index is 890. The second kappa shape index (κ2) is 5.10. The van der Waals surface area contributed by atoms with Crippen LogP contribution in [0.3, 0.4) is 0 Å². The summed E-state index contributed by atoms with van der Waals surface area (Å²) in [7, 11) is 0. The summed E-state index contributed by atoms with van der Waals surface area (Å²) in [6, 6.07) is 10.3. The molecule has 21 heavy (non-hydrogen) atoms. The van der Waals surface area contributed by atoms with Crippen LogP contribution in [0, 0.1) is 6.92 Å². The molecule has 0 spiro atoms. The topological polar surface area (TPSA) is 81.0 Å². The van der Waals surface area contributed by atoms with Gasteiger partial charge in [0.2, 0.25) is 0 Å². The Hall–Kier alpha value is -2.53. The summed E-state index contributed by atoms with van der Waals surface area (Å²) in [5.41, 5.74) is 7.27. The number of nitrogens with two attached hydrogens (primary N) is 1. The molecule has 1 heterocycles. The summed E-state index contributed by atoms with van der Waals surface area (Å²) in [5.74, 6) is 0.542. The Labute approximate surface area is 125 Å². The highest BCUT2D eigenvalue weighted by Gasteiger charge is 2.08. The highest BCUT2D eigenvalue weighted by atomic mass is 35.5. The molecular weight excluding hydrogens is 290 g/mol. The third-order valence-electron chi connectivity index (χ3n) is 3.06. The average Bonchev–Trinajstić information content (AvgIpc) is 2.44. The maximum Gasteiger partial charge on any atom is 0.302 e. The standard InChI is InChI=1S/C15H12ClN3O2/c1-8-2-3-9(16)6-13(8)21-15-18-12-5-4-10(17)7-11(12)14(20)19-15/h2-7H,17H2,1H3,(H,18,19,20). The van der Waals surface area contributed by atoms with Crippen molar-refractivity contribution >= 4 is 28.2 Å². The van der Waals surface area contributed by atoms with Gasteiger partial charge in [0, 0.05) is 10.7 Å². The van der Waals surface area contributed by atoms with E-state index in [-0.39, 0.29) is 11.6 Å². The van der Waals surface area contributed by atoms with E-state index in [2.05, 4.69) is 9.97 Å². The number of aromatic nitrogens is 2. The van der Waals surface area contributed by atoms with Gasteiger partial charge in [-0.1, -0.05) is 17.7 Å². The van der Waals surface area contributed by atoms with Crippen LogP contribution in [-0.2, 0) is 0 Å². The molecule has 6 heteroatoms. The quantitative estimate of drug-likeness (QED) is 0.712. The summed E-state index contributed by atoms with van der Waals surface area (Å²) in [6.45, 7) is 1.88. The highest BCUT2D eigenvalue weighted by molar-refractivity contribution is 6.30. The molecule has 0 saturated heterocycles. The lowest BCUT2D eigenvalue weighted by molar-refractivity contribution is 0.439. The van der Waals surface area contributed by atoms with Gasteiger partial charge in [0.1, 0.15) is 5.75 Å². The molecule has 0 radical (unpaired) electrons. The van der Waals surface area contributed by atoms with Gasteiger partial charge >= 0.3 is 6.01 Å². The number of aromatic amines is 1. The number of benzene rings is 2. The number of ether oxygens (including phenoxy) is 1. The fourth-order valence-electron chi connectivity index (χ4n) is 1.97. The first kappa shape index (κ1) is 13.5. The summed E-state index contributed by atoms with van der Waals surface area (Å²) in [5, 5.41) is 0.969. The van der Waals surface area contributed by atoms with E-state index in [1.165, 1.54) is 0 Å². The van der Waals surface area contributed by atoms with E-state index in [1.54, 1.807) is 30.3 Å². The molecule has 0 unspecified atom stereocenters. The van der Waals surface area contributed by atoms with E-state index in [0.29, 0.717) is 27.4 Å². The molecule has 3 aromatic rings. The minimum atomic E-state index is -0.304. The third kappa shape index (κ3) is 2.68. The molecule has 0 fully saturated rings. The zero-order chi connectivity index (χ0) is 15.0. The van der Waals surface area contributed by atoms with Crippen molar-refractivity contribution in [3.63, 3.8) is 0 Å². The van der Waals surface area contributed by atoms with Gasteiger partial charge in [-0.3, -0.25) is 9.78 Å². The normalized spacial score (nSPS) is 10.8. The molecule has 0 atom stereocenters. The third-order valence-corrected chi connectivity index (χ3v) is 3.30. The number of rotatable bonds is 2. The molecule has 0 bridgehead atoms. The minimum Gasteiger partial charge on any atom is -0.425 e. The lowest BCUT2D eigenvalue weighted by Crippen LogP contribution is -2.10. The van der Waals surface area contributed by atoms with Gasteiger partial charge in [-0.15, -0.1) is 0 Å². The smallest absolute Gasteiger partial charge is 0.302 e. The van der Waals surface area contributed by atoms with Crippen molar-refractivity contribution in [3.05, 3.63) is 57.3 Å². The van der Waals surface area contributed by atoms with Crippen LogP contribution in [0.25, 0.3) is 10.9 Å². The maximum absolute atomic E-state index is 12.0. The fraction of sp³-hybridized carbons (Fsp3) is 0.0667. The summed E-state index contributed by atoms with van der Waals surface area (Å²) in [4.78, 5) is 18.9. The van der Waals surface area contributed by atoms with Crippen molar-refractivity contribution in [2.24, 2.45) is 0 Å². The van der Waals surface area contributed by atoms with E-state index in [9.17, 15) is 4.79 Å². The molecule has 106 valence electrons. The summed E-state index contributed by atoms with van der Waals surface area (Å²) < 4.78 is 5.63. The van der Waals surface area contributed by atoms with Crippen LogP contribution in [-0.4, -0.2) is 9.97 Å². The summed E-state index contributed by atoms with van der Waals surface area (Å²) >= 11 is 5.94. The Morgan fingerprint density at radius 2 is 2.05 bits per heavy atom. The number of hydrogen-bond donors (Lipinski definition) is 2. The maximum atomic E-state index is 12.0. The molecule has 1 aromatic heterocycles. The predicted molar refractivity (Wildman–Crippen MR) is 83.0 cm³/mol. The zero-order valence-corrected chi connectivity index (χ0v) is 11.9. The van der Waals surface area contributed by atoms with Crippen molar-refractivity contribution in [1.82, 2.24) is 9.97 Å². The molecule has 3 rings (SSSR count). The Morgan fingerprint density at radius 3 is 2.86 bits per heavy atom. The first-order valence-corrected chi connectivity index (χ1v) is 6.64. The predicted octanol–water partition coefficient (Wildman–Crippen LogP) is 3.26. The van der Waals surface area contributed by atoms with E-state index < -0.39 is 0 Å². The molecule has 0 aliphatic rings. The number of H-pyrrole nitrogens is 1. The Morgan fingerprint density at radius 1 is 1.24 bits per heavy atom. The SMILES string of the molecule is Cc1ccc(Cl)cc1Oc1nc2ccc(N)cc2c(=O)[nH]1. The summed E-state index contributed by atoms with van der Waals surface area (Å²) in [6.07, 6.45) is 0. The van der Waals surface area contributed by atoms with Gasteiger partial charge in [-0.05, 0) is 42.8 Å². The molecule has 5 nitrogen and oxygen atoms in total. The van der Waals surface area contributed by atoms with Crippen molar-refractivity contribution in [2.75, 3.05) is 5.73 Å². The van der Waals surface area contributed by atoms with Gasteiger partial charge < -0.3 is 10.5 Å². The van der Waals surface area contributed by atoms with Gasteiger partial charge in [-0.25, -0.2) is 0 Å². The zero-order valence-electron chi connectivity index (χ0n) is 11.2. The molecule has 0 amide bonds. The van der Waals surface area contributed by atoms with Crippen LogP contribution < -0.4 is 16.0 Å². The number of nitrogens with one attached hydrogen (secondary N) is 1. The van der Waals surface area contributed by atoms with Crippen LogP contribution >= 0.6 is 11.6 Å². The Balaban J connectivity index is 2.07. The number of anilines is 1. The van der Waals surface area contributed by atoms with Crippen molar-refractivity contribution in [1.29, 1.82) is 0 Å². The van der Waals surface area contributed by atoms with Gasteiger partial charge in [0.25, 0.3) is 5.56 Å². The fourth-order valence-corrected chi connectivity index (χ4v) is 2.13. The number of nitrogen functional groups attached to an aromatic ring is 1. The van der Waals surface area contributed by atoms with E-state index in [0.717, 1.165) is 5.56 Å². The van der Waals surface area contributed by atoms with Crippen LogP contribution in [0.1, 0.15) is 5.56 Å². The van der Waals surface area contributed by atoms with Crippen LogP contribution in [0.2, 0.25) is 5.02 Å². The highest BCUT2D eigenvalue weighted by Crippen LogP contribution is 2.26. The molecule has 3 N–H and O–H groups in total. The van der Waals surface area contributed by atoms with Crippen LogP contribution in [0.4, 0.5) is 5.69 Å². The molecule has 0 aliphatic carbocycles. The lowest BCUT2D eigenvalue weighted by Gasteiger charge is -2.08. The first-order valence-electron chi connectivity index (χ1n) is 6.26. The van der Waals surface area contributed by atoms with Crippen LogP contribution in [0.5, 0.6) is 11.8 Å². The van der Waals surface area contributed by atoms with Crippen molar-refractivity contribution in [3.8, 4) is 11.8 Å². The molecular formula is C15H12ClN3O2. The Kier molecular flexibility index (Phi) is 3.27. The second-order valence-corrected chi connectivity index (χ2v) is 5.10. The lowest BCUT2D eigenvalue weighted by atomic mass is 10.2. The van der Waals surface area contributed by atoms with Gasteiger partial charge in [0.15, 0.2) is 0 Å². The van der Waals surface area contributed by atoms with Crippen molar-refractivity contribution < 1.29 is 4.74 Å². The number of hydrogen-bond acceptors (Lipinski definition) is 4. The monoisotopic (exact) mass is 301 g/mol. The molecule has 0 aliphatic heterocycles. The van der Waals surface area contributed by atoms with E-state index in [4.69, 9.17) is 22.1 Å². The molecule has 0 saturated carbocycles. The van der Waals surface area contributed by atoms with Crippen molar-refractivity contribution in [2.45, 2.75) is 6.92 Å². The number of halogens is 1. The van der Waals surface area contributed by atoms with E-state index >= 15 is 0 Å².